The van der Waals surface area contributed by atoms with E-state index >= 15 is 0 Å². The minimum absolute atomic E-state index is 1.08. The van der Waals surface area contributed by atoms with Crippen LogP contribution in [0, 0.1) is 0 Å². The maximum Gasteiger partial charge on any atom is 0.0384 e. The molecule has 0 saturated carbocycles. The van der Waals surface area contributed by atoms with Gasteiger partial charge in [-0.15, -0.1) is 0 Å². The summed E-state index contributed by atoms with van der Waals surface area (Å²) in [7, 11) is 0. The number of hydrogen-bond donors (Lipinski definition) is 1. The molecule has 1 N–H and O–H groups in total. The largest absolute Gasteiger partial charge is 0.356 e. The van der Waals surface area contributed by atoms with E-state index in [1.54, 1.807) is 0 Å². The summed E-state index contributed by atoms with van der Waals surface area (Å²) in [6, 6.07) is 52.1. The fraction of sp³-hybridized carbons (Fsp3) is 0. The standard InChI is InChI=1S/C36H25N/c1-3-10-31-25(7-1)9-5-12-32(31)27-15-20-29(21-16-27)37-30-22-17-28(18-23-30)34-13-6-14-35-33-11-4-2-8-26(33)19-24-36(34)35/h1-24,37H. The topological polar surface area (TPSA) is 12.0 Å². The van der Waals surface area contributed by atoms with Crippen LogP contribution < -0.4 is 5.32 Å². The molecule has 0 bridgehead atoms. The van der Waals surface area contributed by atoms with Crippen LogP contribution in [0.15, 0.2) is 146 Å². The molecule has 0 atom stereocenters. The summed E-state index contributed by atoms with van der Waals surface area (Å²) in [6.07, 6.45) is 0. The average molecular weight is 472 g/mol. The van der Waals surface area contributed by atoms with Crippen molar-refractivity contribution in [1.29, 1.82) is 0 Å². The molecule has 0 heterocycles. The van der Waals surface area contributed by atoms with Crippen LogP contribution in [0.3, 0.4) is 0 Å². The Morgan fingerprint density at radius 2 is 0.784 bits per heavy atom. The van der Waals surface area contributed by atoms with Crippen LogP contribution in [0.2, 0.25) is 0 Å². The van der Waals surface area contributed by atoms with E-state index < -0.39 is 0 Å². The van der Waals surface area contributed by atoms with Gasteiger partial charge in [0.1, 0.15) is 0 Å². The van der Waals surface area contributed by atoms with Gasteiger partial charge in [0.15, 0.2) is 0 Å². The molecule has 0 unspecified atom stereocenters. The molecule has 0 radical (unpaired) electrons. The lowest BCUT2D eigenvalue weighted by Crippen LogP contribution is -1.91. The van der Waals surface area contributed by atoms with E-state index in [2.05, 4.69) is 151 Å². The third-order valence-electron chi connectivity index (χ3n) is 7.26. The predicted molar refractivity (Wildman–Crippen MR) is 160 cm³/mol. The molecule has 0 aromatic heterocycles. The van der Waals surface area contributed by atoms with Crippen molar-refractivity contribution in [3.63, 3.8) is 0 Å². The SMILES string of the molecule is c1ccc2c(-c3ccc(Nc4ccc(-c5cccc6c5ccc5ccccc56)cc4)cc3)cccc2c1. The Morgan fingerprint density at radius 1 is 0.297 bits per heavy atom. The van der Waals surface area contributed by atoms with E-state index in [0.29, 0.717) is 0 Å². The van der Waals surface area contributed by atoms with Gasteiger partial charge in [0, 0.05) is 11.4 Å². The molecule has 0 amide bonds. The first kappa shape index (κ1) is 21.4. The fourth-order valence-electron chi connectivity index (χ4n) is 5.40. The Labute approximate surface area is 216 Å². The minimum atomic E-state index is 1.08. The van der Waals surface area contributed by atoms with Gasteiger partial charge < -0.3 is 5.32 Å². The Morgan fingerprint density at radius 3 is 1.46 bits per heavy atom. The number of nitrogens with one attached hydrogen (secondary N) is 1. The molecule has 7 aromatic rings. The molecular formula is C36H25N. The van der Waals surface area contributed by atoms with Gasteiger partial charge in [0.05, 0.1) is 0 Å². The monoisotopic (exact) mass is 471 g/mol. The zero-order chi connectivity index (χ0) is 24.6. The lowest BCUT2D eigenvalue weighted by Gasteiger charge is -2.12. The van der Waals surface area contributed by atoms with Gasteiger partial charge in [-0.2, -0.15) is 0 Å². The minimum Gasteiger partial charge on any atom is -0.356 e. The predicted octanol–water partition coefficient (Wildman–Crippen LogP) is 10.2. The number of rotatable bonds is 4. The van der Waals surface area contributed by atoms with E-state index in [1.165, 1.54) is 54.6 Å². The van der Waals surface area contributed by atoms with Gasteiger partial charge in [-0.25, -0.2) is 0 Å². The molecule has 0 saturated heterocycles. The first-order valence-corrected chi connectivity index (χ1v) is 12.7. The van der Waals surface area contributed by atoms with E-state index in [-0.39, 0.29) is 0 Å². The highest BCUT2D eigenvalue weighted by Crippen LogP contribution is 2.34. The van der Waals surface area contributed by atoms with E-state index in [1.807, 2.05) is 0 Å². The van der Waals surface area contributed by atoms with E-state index in [0.717, 1.165) is 11.4 Å². The molecule has 0 fully saturated rings. The molecule has 0 aliphatic heterocycles. The summed E-state index contributed by atoms with van der Waals surface area (Å²) in [5, 5.41) is 11.3. The quantitative estimate of drug-likeness (QED) is 0.252. The molecule has 174 valence electrons. The van der Waals surface area contributed by atoms with Gasteiger partial charge in [0.25, 0.3) is 0 Å². The van der Waals surface area contributed by atoms with Gasteiger partial charge in [-0.3, -0.25) is 0 Å². The van der Waals surface area contributed by atoms with E-state index in [9.17, 15) is 0 Å². The van der Waals surface area contributed by atoms with Crippen LogP contribution in [0.1, 0.15) is 0 Å². The van der Waals surface area contributed by atoms with Crippen molar-refractivity contribution in [2.24, 2.45) is 0 Å². The highest BCUT2D eigenvalue weighted by molar-refractivity contribution is 6.12. The summed E-state index contributed by atoms with van der Waals surface area (Å²) in [5.41, 5.74) is 7.12. The molecule has 1 nitrogen and oxygen atoms in total. The van der Waals surface area contributed by atoms with Crippen LogP contribution >= 0.6 is 0 Å². The number of hydrogen-bond acceptors (Lipinski definition) is 1. The van der Waals surface area contributed by atoms with Crippen molar-refractivity contribution < 1.29 is 0 Å². The first-order valence-electron chi connectivity index (χ1n) is 12.7. The van der Waals surface area contributed by atoms with Gasteiger partial charge in [-0.1, -0.05) is 121 Å². The Hall–Kier alpha value is -4.88. The average Bonchev–Trinajstić information content (AvgIpc) is 2.97. The molecule has 7 aromatic carbocycles. The molecular weight excluding hydrogens is 446 g/mol. The third kappa shape index (κ3) is 3.91. The summed E-state index contributed by atoms with van der Waals surface area (Å²) in [6.45, 7) is 0. The first-order chi connectivity index (χ1) is 18.3. The van der Waals surface area contributed by atoms with Crippen molar-refractivity contribution in [1.82, 2.24) is 0 Å². The number of fused-ring (bicyclic) bond motifs is 4. The summed E-state index contributed by atoms with van der Waals surface area (Å²) in [4.78, 5) is 0. The normalized spacial score (nSPS) is 11.2. The maximum absolute atomic E-state index is 3.56. The third-order valence-corrected chi connectivity index (χ3v) is 7.26. The van der Waals surface area contributed by atoms with Gasteiger partial charge in [-0.05, 0) is 78.8 Å². The summed E-state index contributed by atoms with van der Waals surface area (Å²) in [5.74, 6) is 0. The van der Waals surface area contributed by atoms with Gasteiger partial charge in [0.2, 0.25) is 0 Å². The zero-order valence-corrected chi connectivity index (χ0v) is 20.4. The van der Waals surface area contributed by atoms with Crippen LogP contribution in [0.5, 0.6) is 0 Å². The second-order valence-electron chi connectivity index (χ2n) is 9.49. The Kier molecular flexibility index (Phi) is 5.19. The lowest BCUT2D eigenvalue weighted by atomic mass is 9.95. The second-order valence-corrected chi connectivity index (χ2v) is 9.49. The Balaban J connectivity index is 1.16. The molecule has 0 aliphatic carbocycles. The van der Waals surface area contributed by atoms with Crippen molar-refractivity contribution in [3.8, 4) is 22.3 Å². The van der Waals surface area contributed by atoms with Crippen LogP contribution in [0.4, 0.5) is 11.4 Å². The highest BCUT2D eigenvalue weighted by atomic mass is 14.9. The summed E-state index contributed by atoms with van der Waals surface area (Å²) >= 11 is 0. The second kappa shape index (κ2) is 8.96. The van der Waals surface area contributed by atoms with Crippen LogP contribution in [-0.4, -0.2) is 0 Å². The maximum atomic E-state index is 3.56. The molecule has 0 spiro atoms. The van der Waals surface area contributed by atoms with Crippen LogP contribution in [-0.2, 0) is 0 Å². The van der Waals surface area contributed by atoms with Crippen molar-refractivity contribution in [2.45, 2.75) is 0 Å². The molecule has 0 aliphatic rings. The van der Waals surface area contributed by atoms with Crippen molar-refractivity contribution in [3.05, 3.63) is 146 Å². The number of benzene rings is 7. The Bertz CT molecular complexity index is 1870. The lowest BCUT2D eigenvalue weighted by molar-refractivity contribution is 1.54. The fourth-order valence-corrected chi connectivity index (χ4v) is 5.40. The highest BCUT2D eigenvalue weighted by Gasteiger charge is 2.07. The van der Waals surface area contributed by atoms with Crippen molar-refractivity contribution in [2.75, 3.05) is 5.32 Å². The van der Waals surface area contributed by atoms with Crippen LogP contribution in [0.25, 0.3) is 54.6 Å². The molecule has 1 heteroatoms. The summed E-state index contributed by atoms with van der Waals surface area (Å²) < 4.78 is 0. The molecule has 7 rings (SSSR count). The zero-order valence-electron chi connectivity index (χ0n) is 20.4. The van der Waals surface area contributed by atoms with E-state index in [4.69, 9.17) is 0 Å². The smallest absolute Gasteiger partial charge is 0.0384 e. The number of anilines is 2. The van der Waals surface area contributed by atoms with Crippen molar-refractivity contribution >= 4 is 43.7 Å². The molecule has 37 heavy (non-hydrogen) atoms. The van der Waals surface area contributed by atoms with Gasteiger partial charge >= 0.3 is 0 Å².